The minimum Gasteiger partial charge on any atom is -0.340 e. The Morgan fingerprint density at radius 2 is 1.82 bits per heavy atom. The number of nitrogens with zero attached hydrogens (tertiary/aromatic N) is 1. The number of aromatic nitrogens is 1. The summed E-state index contributed by atoms with van der Waals surface area (Å²) in [5, 5.41) is 5.58. The lowest BCUT2D eigenvalue weighted by Gasteiger charge is -2.08. The molecule has 0 fully saturated rings. The Kier molecular flexibility index (Phi) is 5.08. The van der Waals surface area contributed by atoms with Gasteiger partial charge in [-0.25, -0.2) is 18.1 Å². The summed E-state index contributed by atoms with van der Waals surface area (Å²) in [5.41, 5.74) is 1.32. The molecule has 1 aromatic heterocycles. The molecule has 0 aliphatic heterocycles. The minimum atomic E-state index is -3.58. The highest BCUT2D eigenvalue weighted by Crippen LogP contribution is 2.15. The third-order valence-corrected chi connectivity index (χ3v) is 3.99. The highest BCUT2D eigenvalue weighted by Gasteiger charge is 2.14. The van der Waals surface area contributed by atoms with E-state index in [1.54, 1.807) is 12.1 Å². The maximum Gasteiger partial charge on any atom is 0.241 e. The van der Waals surface area contributed by atoms with Crippen LogP contribution in [0, 0.1) is 0 Å². The van der Waals surface area contributed by atoms with E-state index in [1.807, 2.05) is 30.3 Å². The van der Waals surface area contributed by atoms with Gasteiger partial charge in [-0.15, -0.1) is 0 Å². The van der Waals surface area contributed by atoms with Gasteiger partial charge < -0.3 is 10.6 Å². The third-order valence-electron chi connectivity index (χ3n) is 2.73. The van der Waals surface area contributed by atoms with Gasteiger partial charge in [0.05, 0.1) is 11.9 Å². The van der Waals surface area contributed by atoms with Crippen molar-refractivity contribution in [3.8, 4) is 0 Å². The van der Waals surface area contributed by atoms with E-state index in [0.717, 1.165) is 5.69 Å². The molecule has 0 saturated heterocycles. The Morgan fingerprint density at radius 1 is 1.09 bits per heavy atom. The van der Waals surface area contributed by atoms with E-state index < -0.39 is 21.7 Å². The fraction of sp³-hybridized carbons (Fsp3) is 0.143. The minimum absolute atomic E-state index is 0.426. The Bertz CT molecular complexity index is 730. The number of pyridine rings is 1. The number of carbonyl (C=O) groups excluding carboxylic acids is 1. The lowest BCUT2D eigenvalue weighted by atomic mass is 10.3. The normalized spacial score (nSPS) is 11.0. The predicted molar refractivity (Wildman–Crippen MR) is 85.4 cm³/mol. The van der Waals surface area contributed by atoms with Crippen LogP contribution in [0.5, 0.6) is 0 Å². The lowest BCUT2D eigenvalue weighted by molar-refractivity contribution is -0.113. The number of carbonyl (C=O) groups is 1. The first-order valence-electron chi connectivity index (χ1n) is 6.48. The van der Waals surface area contributed by atoms with Crippen LogP contribution in [0.25, 0.3) is 0 Å². The van der Waals surface area contributed by atoms with Gasteiger partial charge in [-0.3, -0.25) is 4.79 Å². The molecule has 1 heterocycles. The summed E-state index contributed by atoms with van der Waals surface area (Å²) in [4.78, 5) is 15.7. The molecular formula is C14H16N4O3S. The van der Waals surface area contributed by atoms with E-state index in [2.05, 4.69) is 20.3 Å². The van der Waals surface area contributed by atoms with Crippen LogP contribution in [0.4, 0.5) is 17.2 Å². The van der Waals surface area contributed by atoms with Gasteiger partial charge in [0.1, 0.15) is 11.6 Å². The van der Waals surface area contributed by atoms with E-state index in [0.29, 0.717) is 11.5 Å². The van der Waals surface area contributed by atoms with E-state index in [9.17, 15) is 13.2 Å². The Labute approximate surface area is 128 Å². The maximum atomic E-state index is 11.6. The average Bonchev–Trinajstić information content (AvgIpc) is 2.50. The second-order valence-electron chi connectivity index (χ2n) is 4.43. The number of hydrogen-bond donors (Lipinski definition) is 3. The highest BCUT2D eigenvalue weighted by molar-refractivity contribution is 7.90. The summed E-state index contributed by atoms with van der Waals surface area (Å²) in [7, 11) is -2.32. The van der Waals surface area contributed by atoms with Crippen molar-refractivity contribution in [3.05, 3.63) is 48.7 Å². The van der Waals surface area contributed by atoms with Gasteiger partial charge in [-0.2, -0.15) is 0 Å². The Balaban J connectivity index is 1.96. The highest BCUT2D eigenvalue weighted by atomic mass is 32.2. The fourth-order valence-electron chi connectivity index (χ4n) is 1.65. The summed E-state index contributed by atoms with van der Waals surface area (Å²) in [6.07, 6.45) is 1.45. The Hall–Kier alpha value is -2.45. The van der Waals surface area contributed by atoms with E-state index in [-0.39, 0.29) is 0 Å². The number of anilines is 3. The SMILES string of the molecule is CNS(=O)(=O)CC(=O)Nc1ccc(Nc2ccccc2)nc1. The van der Waals surface area contributed by atoms with Crippen LogP contribution in [-0.2, 0) is 14.8 Å². The average molecular weight is 320 g/mol. The quantitative estimate of drug-likeness (QED) is 0.745. The lowest BCUT2D eigenvalue weighted by Crippen LogP contribution is -2.30. The smallest absolute Gasteiger partial charge is 0.241 e. The van der Waals surface area contributed by atoms with Crippen LogP contribution in [0.1, 0.15) is 0 Å². The van der Waals surface area contributed by atoms with Crippen LogP contribution in [0.3, 0.4) is 0 Å². The van der Waals surface area contributed by atoms with Gasteiger partial charge in [0.15, 0.2) is 0 Å². The number of benzene rings is 1. The van der Waals surface area contributed by atoms with E-state index >= 15 is 0 Å². The zero-order valence-electron chi connectivity index (χ0n) is 11.9. The molecule has 2 rings (SSSR count). The zero-order valence-corrected chi connectivity index (χ0v) is 12.7. The largest absolute Gasteiger partial charge is 0.340 e. The molecule has 2 aromatic rings. The number of hydrogen-bond acceptors (Lipinski definition) is 5. The van der Waals surface area contributed by atoms with Gasteiger partial charge in [0, 0.05) is 5.69 Å². The molecule has 0 atom stereocenters. The van der Waals surface area contributed by atoms with Crippen molar-refractivity contribution in [3.63, 3.8) is 0 Å². The number of sulfonamides is 1. The molecule has 0 aliphatic rings. The van der Waals surface area contributed by atoms with Crippen molar-refractivity contribution in [1.82, 2.24) is 9.71 Å². The number of amides is 1. The summed E-state index contributed by atoms with van der Waals surface area (Å²) in [6, 6.07) is 12.9. The standard InChI is InChI=1S/C14H16N4O3S/c1-15-22(20,21)10-14(19)18-12-7-8-13(16-9-12)17-11-5-3-2-4-6-11/h2-9,15H,10H2,1H3,(H,16,17)(H,18,19). The molecule has 1 amide bonds. The first kappa shape index (κ1) is 15.9. The maximum absolute atomic E-state index is 11.6. The predicted octanol–water partition coefficient (Wildman–Crippen LogP) is 1.31. The van der Waals surface area contributed by atoms with Crippen molar-refractivity contribution in [2.75, 3.05) is 23.4 Å². The number of rotatable bonds is 6. The summed E-state index contributed by atoms with van der Waals surface area (Å²) < 4.78 is 24.6. The number of para-hydroxylation sites is 1. The van der Waals surface area contributed by atoms with Gasteiger partial charge in [0.25, 0.3) is 0 Å². The molecular weight excluding hydrogens is 304 g/mol. The van der Waals surface area contributed by atoms with Crippen molar-refractivity contribution in [2.45, 2.75) is 0 Å². The van der Waals surface area contributed by atoms with Crippen molar-refractivity contribution in [1.29, 1.82) is 0 Å². The van der Waals surface area contributed by atoms with Gasteiger partial charge in [-0.1, -0.05) is 18.2 Å². The summed E-state index contributed by atoms with van der Waals surface area (Å²) >= 11 is 0. The second kappa shape index (κ2) is 7.01. The molecule has 3 N–H and O–H groups in total. The monoisotopic (exact) mass is 320 g/mol. The fourth-order valence-corrected chi connectivity index (χ4v) is 2.21. The molecule has 0 unspecified atom stereocenters. The van der Waals surface area contributed by atoms with Crippen LogP contribution in [0.15, 0.2) is 48.7 Å². The molecule has 0 bridgehead atoms. The zero-order chi connectivity index (χ0) is 16.0. The van der Waals surface area contributed by atoms with Crippen LogP contribution in [-0.4, -0.2) is 32.1 Å². The first-order chi connectivity index (χ1) is 10.5. The van der Waals surface area contributed by atoms with Crippen LogP contribution in [0.2, 0.25) is 0 Å². The van der Waals surface area contributed by atoms with Crippen molar-refractivity contribution < 1.29 is 13.2 Å². The molecule has 22 heavy (non-hydrogen) atoms. The van der Waals surface area contributed by atoms with E-state index in [1.165, 1.54) is 13.2 Å². The second-order valence-corrected chi connectivity index (χ2v) is 6.36. The van der Waals surface area contributed by atoms with Crippen LogP contribution < -0.4 is 15.4 Å². The Morgan fingerprint density at radius 3 is 2.41 bits per heavy atom. The first-order valence-corrected chi connectivity index (χ1v) is 8.13. The van der Waals surface area contributed by atoms with Gasteiger partial charge in [0.2, 0.25) is 15.9 Å². The molecule has 0 radical (unpaired) electrons. The molecule has 7 nitrogen and oxygen atoms in total. The van der Waals surface area contributed by atoms with E-state index in [4.69, 9.17) is 0 Å². The number of nitrogens with one attached hydrogen (secondary N) is 3. The molecule has 1 aromatic carbocycles. The van der Waals surface area contributed by atoms with Gasteiger partial charge >= 0.3 is 0 Å². The van der Waals surface area contributed by atoms with Crippen molar-refractivity contribution in [2.24, 2.45) is 0 Å². The molecule has 0 aliphatic carbocycles. The summed E-state index contributed by atoms with van der Waals surface area (Å²) in [6.45, 7) is 0. The molecule has 0 spiro atoms. The van der Waals surface area contributed by atoms with Crippen molar-refractivity contribution >= 4 is 33.1 Å². The third kappa shape index (κ3) is 4.83. The molecule has 8 heteroatoms. The molecule has 0 saturated carbocycles. The summed E-state index contributed by atoms with van der Waals surface area (Å²) in [5.74, 6) is -0.639. The topological polar surface area (TPSA) is 100 Å². The van der Waals surface area contributed by atoms with Crippen LogP contribution >= 0.6 is 0 Å². The van der Waals surface area contributed by atoms with Gasteiger partial charge in [-0.05, 0) is 31.3 Å². The molecule has 116 valence electrons.